The fraction of sp³-hybridized carbons (Fsp3) is 0.333. The lowest BCUT2D eigenvalue weighted by molar-refractivity contribution is 0.0964. The van der Waals surface area contributed by atoms with Crippen molar-refractivity contribution in [3.05, 3.63) is 59.7 Å². The average Bonchev–Trinajstić information content (AvgIpc) is 2.74. The standard InChI is InChI=1S/C21H25N3O4S/c1-15-7-5-6-14-24(15)29(27,28)17-12-10-16(11-13-17)20(25)23-19-9-4-3-8-18(19)21(26)22-2/h3-4,8-13,15H,5-7,14H2,1-2H3,(H,22,26)(H,23,25). The second-order valence-electron chi connectivity index (χ2n) is 7.06. The van der Waals surface area contributed by atoms with Crippen LogP contribution < -0.4 is 10.6 Å². The second kappa shape index (κ2) is 8.75. The number of hydrogen-bond donors (Lipinski definition) is 2. The van der Waals surface area contributed by atoms with E-state index in [9.17, 15) is 18.0 Å². The van der Waals surface area contributed by atoms with Crippen molar-refractivity contribution in [1.82, 2.24) is 9.62 Å². The Labute approximate surface area is 171 Å². The summed E-state index contributed by atoms with van der Waals surface area (Å²) in [6.07, 6.45) is 2.74. The molecule has 0 saturated carbocycles. The Morgan fingerprint density at radius 2 is 1.69 bits per heavy atom. The molecule has 0 radical (unpaired) electrons. The Balaban J connectivity index is 1.79. The van der Waals surface area contributed by atoms with E-state index in [1.54, 1.807) is 24.3 Å². The number of nitrogens with one attached hydrogen (secondary N) is 2. The summed E-state index contributed by atoms with van der Waals surface area (Å²) in [7, 11) is -2.07. The summed E-state index contributed by atoms with van der Waals surface area (Å²) in [5.74, 6) is -0.727. The molecule has 0 bridgehead atoms. The first-order valence-corrected chi connectivity index (χ1v) is 11.0. The molecule has 3 rings (SSSR count). The number of nitrogens with zero attached hydrogens (tertiary/aromatic N) is 1. The fourth-order valence-corrected chi connectivity index (χ4v) is 5.16. The van der Waals surface area contributed by atoms with Gasteiger partial charge < -0.3 is 10.6 Å². The fourth-order valence-electron chi connectivity index (χ4n) is 3.46. The summed E-state index contributed by atoms with van der Waals surface area (Å²) in [5, 5.41) is 5.24. The molecule has 1 unspecified atom stereocenters. The van der Waals surface area contributed by atoms with Crippen LogP contribution in [0, 0.1) is 0 Å². The van der Waals surface area contributed by atoms with Crippen LogP contribution in [0.1, 0.15) is 46.9 Å². The molecule has 1 heterocycles. The topological polar surface area (TPSA) is 95.6 Å². The zero-order chi connectivity index (χ0) is 21.0. The van der Waals surface area contributed by atoms with Crippen molar-refractivity contribution in [3.8, 4) is 0 Å². The van der Waals surface area contributed by atoms with Gasteiger partial charge in [-0.25, -0.2) is 8.42 Å². The zero-order valence-electron chi connectivity index (χ0n) is 16.5. The predicted molar refractivity (Wildman–Crippen MR) is 111 cm³/mol. The third-order valence-electron chi connectivity index (χ3n) is 5.11. The number of sulfonamides is 1. The number of carbonyl (C=O) groups is 2. The molecule has 0 aromatic heterocycles. The van der Waals surface area contributed by atoms with Crippen LogP contribution in [0.4, 0.5) is 5.69 Å². The molecule has 1 fully saturated rings. The first-order valence-electron chi connectivity index (χ1n) is 9.59. The van der Waals surface area contributed by atoms with Crippen LogP contribution in [0.15, 0.2) is 53.4 Å². The summed E-state index contributed by atoms with van der Waals surface area (Å²) in [4.78, 5) is 24.7. The van der Waals surface area contributed by atoms with E-state index < -0.39 is 15.9 Å². The van der Waals surface area contributed by atoms with E-state index in [2.05, 4.69) is 10.6 Å². The highest BCUT2D eigenvalue weighted by atomic mass is 32.2. The van der Waals surface area contributed by atoms with Gasteiger partial charge in [0.25, 0.3) is 11.8 Å². The molecule has 8 heteroatoms. The normalized spacial score (nSPS) is 17.5. The molecule has 2 amide bonds. The molecule has 29 heavy (non-hydrogen) atoms. The molecule has 7 nitrogen and oxygen atoms in total. The smallest absolute Gasteiger partial charge is 0.255 e. The number of benzene rings is 2. The van der Waals surface area contributed by atoms with Crippen LogP contribution >= 0.6 is 0 Å². The molecule has 1 aliphatic rings. The number of piperidine rings is 1. The van der Waals surface area contributed by atoms with Gasteiger partial charge in [-0.05, 0) is 56.2 Å². The number of hydrogen-bond acceptors (Lipinski definition) is 4. The van der Waals surface area contributed by atoms with Crippen LogP contribution in [-0.2, 0) is 10.0 Å². The van der Waals surface area contributed by atoms with Crippen molar-refractivity contribution in [3.63, 3.8) is 0 Å². The lowest BCUT2D eigenvalue weighted by Gasteiger charge is -2.32. The molecule has 0 aliphatic carbocycles. The summed E-state index contributed by atoms with van der Waals surface area (Å²) in [5.41, 5.74) is 1.04. The van der Waals surface area contributed by atoms with Gasteiger partial charge in [0.15, 0.2) is 0 Å². The summed E-state index contributed by atoms with van der Waals surface area (Å²) >= 11 is 0. The Kier molecular flexibility index (Phi) is 6.34. The lowest BCUT2D eigenvalue weighted by Crippen LogP contribution is -2.41. The summed E-state index contributed by atoms with van der Waals surface area (Å²) in [6, 6.07) is 12.5. The predicted octanol–water partition coefficient (Wildman–Crippen LogP) is 2.86. The Bertz CT molecular complexity index is 1000. The molecule has 2 N–H and O–H groups in total. The van der Waals surface area contributed by atoms with Crippen molar-refractivity contribution < 1.29 is 18.0 Å². The molecule has 154 valence electrons. The van der Waals surface area contributed by atoms with E-state index in [0.29, 0.717) is 23.4 Å². The highest BCUT2D eigenvalue weighted by molar-refractivity contribution is 7.89. The largest absolute Gasteiger partial charge is 0.355 e. The zero-order valence-corrected chi connectivity index (χ0v) is 17.3. The van der Waals surface area contributed by atoms with Crippen molar-refractivity contribution in [2.45, 2.75) is 37.1 Å². The van der Waals surface area contributed by atoms with Crippen LogP contribution in [0.3, 0.4) is 0 Å². The van der Waals surface area contributed by atoms with Crippen molar-refractivity contribution in [2.75, 3.05) is 18.9 Å². The molecule has 1 aliphatic heterocycles. The van der Waals surface area contributed by atoms with E-state index in [4.69, 9.17) is 0 Å². The Hall–Kier alpha value is -2.71. The van der Waals surface area contributed by atoms with Gasteiger partial charge in [0.1, 0.15) is 0 Å². The maximum Gasteiger partial charge on any atom is 0.255 e. The summed E-state index contributed by atoms with van der Waals surface area (Å²) in [6.45, 7) is 2.43. The minimum Gasteiger partial charge on any atom is -0.355 e. The highest BCUT2D eigenvalue weighted by Crippen LogP contribution is 2.25. The number of para-hydroxylation sites is 1. The van der Waals surface area contributed by atoms with E-state index in [-0.39, 0.29) is 16.8 Å². The molecule has 1 atom stereocenters. The van der Waals surface area contributed by atoms with Crippen LogP contribution in [-0.4, -0.2) is 44.2 Å². The Morgan fingerprint density at radius 3 is 2.34 bits per heavy atom. The summed E-state index contributed by atoms with van der Waals surface area (Å²) < 4.78 is 27.3. The van der Waals surface area contributed by atoms with Crippen molar-refractivity contribution in [2.24, 2.45) is 0 Å². The van der Waals surface area contributed by atoms with Gasteiger partial charge >= 0.3 is 0 Å². The van der Waals surface area contributed by atoms with Crippen molar-refractivity contribution in [1.29, 1.82) is 0 Å². The minimum atomic E-state index is -3.59. The first kappa shape index (κ1) is 21.0. The third kappa shape index (κ3) is 4.49. The molecular weight excluding hydrogens is 390 g/mol. The second-order valence-corrected chi connectivity index (χ2v) is 8.95. The third-order valence-corrected chi connectivity index (χ3v) is 7.14. The molecule has 2 aromatic carbocycles. The highest BCUT2D eigenvalue weighted by Gasteiger charge is 2.30. The average molecular weight is 416 g/mol. The lowest BCUT2D eigenvalue weighted by atomic mass is 10.1. The van der Waals surface area contributed by atoms with Gasteiger partial charge in [-0.2, -0.15) is 4.31 Å². The number of carbonyl (C=O) groups excluding carboxylic acids is 2. The molecule has 1 saturated heterocycles. The van der Waals surface area contributed by atoms with E-state index >= 15 is 0 Å². The van der Waals surface area contributed by atoms with E-state index in [1.807, 2.05) is 6.92 Å². The van der Waals surface area contributed by atoms with Gasteiger partial charge in [0.2, 0.25) is 10.0 Å². The minimum absolute atomic E-state index is 0.0297. The Morgan fingerprint density at radius 1 is 1.00 bits per heavy atom. The van der Waals surface area contributed by atoms with Gasteiger partial charge in [-0.3, -0.25) is 9.59 Å². The van der Waals surface area contributed by atoms with E-state index in [1.165, 1.54) is 35.6 Å². The molecule has 2 aromatic rings. The van der Waals surface area contributed by atoms with Crippen molar-refractivity contribution >= 4 is 27.5 Å². The maximum absolute atomic E-state index is 12.9. The maximum atomic E-state index is 12.9. The van der Waals surface area contributed by atoms with Gasteiger partial charge in [0.05, 0.1) is 16.1 Å². The van der Waals surface area contributed by atoms with Gasteiger partial charge in [-0.1, -0.05) is 18.6 Å². The number of rotatable bonds is 5. The van der Waals surface area contributed by atoms with Crippen LogP contribution in [0.25, 0.3) is 0 Å². The quantitative estimate of drug-likeness (QED) is 0.785. The van der Waals surface area contributed by atoms with Gasteiger partial charge in [-0.15, -0.1) is 0 Å². The monoisotopic (exact) mass is 415 g/mol. The molecular formula is C21H25N3O4S. The van der Waals surface area contributed by atoms with Gasteiger partial charge in [0, 0.05) is 25.2 Å². The van der Waals surface area contributed by atoms with E-state index in [0.717, 1.165) is 19.3 Å². The number of anilines is 1. The first-order chi connectivity index (χ1) is 13.8. The van der Waals surface area contributed by atoms with Crippen LogP contribution in [0.2, 0.25) is 0 Å². The van der Waals surface area contributed by atoms with Crippen LogP contribution in [0.5, 0.6) is 0 Å². The molecule has 0 spiro atoms. The number of amides is 2. The SMILES string of the molecule is CNC(=O)c1ccccc1NC(=O)c1ccc(S(=O)(=O)N2CCCCC2C)cc1.